The highest BCUT2D eigenvalue weighted by Gasteiger charge is 2.57. The van der Waals surface area contributed by atoms with Crippen molar-refractivity contribution in [3.05, 3.63) is 82.6 Å². The molecule has 11 heteroatoms. The topological polar surface area (TPSA) is 135 Å². The number of carbonyl (C=O) groups is 2. The predicted molar refractivity (Wildman–Crippen MR) is 237 cm³/mol. The largest absolute Gasteiger partial charge is 0.481 e. The minimum atomic E-state index is -0.575. The van der Waals surface area contributed by atoms with Gasteiger partial charge in [-0.1, -0.05) is 44.7 Å². The number of β-amino-alcohol motifs (C(OH)–C–C–N with tert-alkyl or cyclic N) is 1. The lowest BCUT2D eigenvalue weighted by Gasteiger charge is -2.32. The van der Waals surface area contributed by atoms with Gasteiger partial charge in [-0.15, -0.1) is 0 Å². The van der Waals surface area contributed by atoms with E-state index in [9.17, 15) is 14.7 Å². The lowest BCUT2D eigenvalue weighted by molar-refractivity contribution is -0.148. The molecule has 3 heterocycles. The molecule has 1 aromatic heterocycles. The number of aliphatic imine (C=N–C) groups is 1. The second kappa shape index (κ2) is 19.4. The minimum Gasteiger partial charge on any atom is -0.481 e. The highest BCUT2D eigenvalue weighted by Crippen LogP contribution is 2.63. The van der Waals surface area contributed by atoms with Gasteiger partial charge in [-0.2, -0.15) is 0 Å². The molecule has 4 N–H and O–H groups in total. The molecule has 58 heavy (non-hydrogen) atoms. The van der Waals surface area contributed by atoms with Crippen molar-refractivity contribution in [3.8, 4) is 11.1 Å². The molecule has 4 aliphatic rings. The maximum Gasteiger partial charge on any atom is 0.309 e. The number of carboxylic acid groups (broad SMARTS) is 1. The van der Waals surface area contributed by atoms with E-state index in [-0.39, 0.29) is 12.0 Å². The Kier molecular flexibility index (Phi) is 14.9. The second-order valence-corrected chi connectivity index (χ2v) is 16.6. The fraction of sp³-hybridized carbons (Fsp3) is 0.532. The monoisotopic (exact) mass is 794 g/mol. The molecule has 2 fully saturated rings. The first-order valence-corrected chi connectivity index (χ1v) is 21.2. The quantitative estimate of drug-likeness (QED) is 0.0997. The summed E-state index contributed by atoms with van der Waals surface area (Å²) in [5.74, 6) is 0.306. The molecule has 11 nitrogen and oxygen atoms in total. The zero-order valence-corrected chi connectivity index (χ0v) is 36.3. The maximum absolute atomic E-state index is 11.9. The molecule has 2 aliphatic heterocycles. The number of benzene rings is 2. The van der Waals surface area contributed by atoms with Crippen LogP contribution in [0.25, 0.3) is 16.8 Å². The number of anilines is 2. The van der Waals surface area contributed by atoms with Crippen LogP contribution in [0.5, 0.6) is 0 Å². The third kappa shape index (κ3) is 9.64. The minimum absolute atomic E-state index is 0.169. The number of nitrogens with zero attached hydrogens (tertiary/aromatic N) is 5. The highest BCUT2D eigenvalue weighted by atomic mass is 16.4. The number of fused-ring (bicyclic) bond motifs is 3. The van der Waals surface area contributed by atoms with Crippen molar-refractivity contribution in [2.45, 2.75) is 99.5 Å². The van der Waals surface area contributed by atoms with E-state index < -0.39 is 11.4 Å². The molecule has 0 radical (unpaired) electrons. The second-order valence-electron chi connectivity index (χ2n) is 16.6. The Morgan fingerprint density at radius 1 is 0.948 bits per heavy atom. The summed E-state index contributed by atoms with van der Waals surface area (Å²) in [5, 5.41) is 25.5. The normalized spacial score (nSPS) is 21.7. The number of carbonyl (C=O) groups excluding carboxylic acids is 1. The molecular formula is C47H67N7O4. The van der Waals surface area contributed by atoms with Gasteiger partial charge in [0.25, 0.3) is 0 Å². The molecule has 2 aliphatic carbocycles. The Balaban J connectivity index is 0.000000317. The van der Waals surface area contributed by atoms with E-state index in [1.54, 1.807) is 6.92 Å². The van der Waals surface area contributed by atoms with Crippen LogP contribution in [0.1, 0.15) is 101 Å². The molecule has 2 bridgehead atoms. The van der Waals surface area contributed by atoms with Gasteiger partial charge in [0.15, 0.2) is 12.1 Å². The van der Waals surface area contributed by atoms with Gasteiger partial charge < -0.3 is 25.4 Å². The number of aromatic nitrogens is 2. The molecule has 0 unspecified atom stereocenters. The first kappa shape index (κ1) is 44.5. The molecule has 0 atom stereocenters. The molecule has 2 saturated carbocycles. The van der Waals surface area contributed by atoms with Crippen molar-refractivity contribution in [3.63, 3.8) is 0 Å². The van der Waals surface area contributed by atoms with Gasteiger partial charge >= 0.3 is 5.97 Å². The zero-order valence-electron chi connectivity index (χ0n) is 36.3. The first-order chi connectivity index (χ1) is 27.8. The van der Waals surface area contributed by atoms with E-state index in [1.165, 1.54) is 33.5 Å². The van der Waals surface area contributed by atoms with Crippen molar-refractivity contribution >= 4 is 35.0 Å². The molecule has 0 amide bonds. The van der Waals surface area contributed by atoms with Crippen LogP contribution in [0.3, 0.4) is 0 Å². The Labute approximate surface area is 346 Å². The number of aliphatic hydroxyl groups is 1. The van der Waals surface area contributed by atoms with Gasteiger partial charge in [-0.3, -0.25) is 24.4 Å². The zero-order chi connectivity index (χ0) is 42.2. The first-order valence-electron chi connectivity index (χ1n) is 21.2. The fourth-order valence-electron chi connectivity index (χ4n) is 9.47. The average molecular weight is 794 g/mol. The number of aliphatic hydroxyl groups excluding tert-OH is 1. The van der Waals surface area contributed by atoms with Crippen LogP contribution >= 0.6 is 0 Å². The lowest BCUT2D eigenvalue weighted by atomic mass is 9.80. The molecule has 3 aromatic rings. The maximum atomic E-state index is 11.9. The van der Waals surface area contributed by atoms with Gasteiger partial charge in [-0.05, 0) is 125 Å². The van der Waals surface area contributed by atoms with E-state index in [0.717, 1.165) is 125 Å². The summed E-state index contributed by atoms with van der Waals surface area (Å²) >= 11 is 0. The van der Waals surface area contributed by atoms with Gasteiger partial charge in [0.2, 0.25) is 0 Å². The summed E-state index contributed by atoms with van der Waals surface area (Å²) in [4.78, 5) is 36.4. The van der Waals surface area contributed by atoms with Gasteiger partial charge in [0.05, 0.1) is 34.8 Å². The van der Waals surface area contributed by atoms with E-state index in [2.05, 4.69) is 93.9 Å². The van der Waals surface area contributed by atoms with E-state index in [0.29, 0.717) is 12.3 Å². The van der Waals surface area contributed by atoms with Crippen LogP contribution in [-0.2, 0) is 29.6 Å². The van der Waals surface area contributed by atoms with Crippen molar-refractivity contribution in [2.75, 3.05) is 57.0 Å². The Bertz CT molecular complexity index is 2020. The Hall–Kier alpha value is -4.58. The summed E-state index contributed by atoms with van der Waals surface area (Å²) in [6.45, 7) is 21.9. The number of aliphatic carboxylic acids is 1. The van der Waals surface area contributed by atoms with Crippen LogP contribution < -0.4 is 10.6 Å². The van der Waals surface area contributed by atoms with E-state index in [1.807, 2.05) is 27.8 Å². The Morgan fingerprint density at radius 3 is 2.17 bits per heavy atom. The number of nitrogens with one attached hydrogen (secondary N) is 2. The van der Waals surface area contributed by atoms with E-state index >= 15 is 0 Å². The Morgan fingerprint density at radius 2 is 1.57 bits per heavy atom. The fourth-order valence-corrected chi connectivity index (χ4v) is 9.47. The van der Waals surface area contributed by atoms with Crippen molar-refractivity contribution in [1.82, 2.24) is 19.4 Å². The average Bonchev–Trinajstić information content (AvgIpc) is 3.91. The number of carboxylic acids is 1. The summed E-state index contributed by atoms with van der Waals surface area (Å²) < 4.78 is 2.20. The van der Waals surface area contributed by atoms with Crippen LogP contribution in [0.4, 0.5) is 11.4 Å². The summed E-state index contributed by atoms with van der Waals surface area (Å²) in [5.41, 5.74) is 12.7. The van der Waals surface area contributed by atoms with Crippen molar-refractivity contribution < 1.29 is 19.8 Å². The SMILES string of the molecule is C=C(Nc1cccc(-c2cccc(NC)c2C)c1C)c1nc2c(n1C)CCN(CCC13CCC(C(=O)O)(CC1)C3)C2.CC.CC(C=O)=NC1=C(C)CCN(CCO)C1. The number of imidazole rings is 1. The summed E-state index contributed by atoms with van der Waals surface area (Å²) in [6, 6.07) is 12.8. The third-order valence-electron chi connectivity index (χ3n) is 13.1. The number of hydrogen-bond donors (Lipinski definition) is 4. The molecule has 0 spiro atoms. The summed E-state index contributed by atoms with van der Waals surface area (Å²) in [7, 11) is 4.06. The summed E-state index contributed by atoms with van der Waals surface area (Å²) in [6.07, 6.45) is 8.51. The van der Waals surface area contributed by atoms with Gasteiger partial charge in [0.1, 0.15) is 0 Å². The van der Waals surface area contributed by atoms with Gasteiger partial charge in [-0.25, -0.2) is 4.98 Å². The van der Waals surface area contributed by atoms with Crippen LogP contribution in [0, 0.1) is 24.7 Å². The van der Waals surface area contributed by atoms with Crippen molar-refractivity contribution in [1.29, 1.82) is 0 Å². The lowest BCUT2D eigenvalue weighted by Crippen LogP contribution is -2.34. The molecule has 314 valence electrons. The third-order valence-corrected chi connectivity index (χ3v) is 13.1. The molecule has 7 rings (SSSR count). The molecule has 2 aromatic carbocycles. The molecule has 0 saturated heterocycles. The highest BCUT2D eigenvalue weighted by molar-refractivity contribution is 6.27. The van der Waals surface area contributed by atoms with Crippen LogP contribution in [0.15, 0.2) is 59.2 Å². The predicted octanol–water partition coefficient (Wildman–Crippen LogP) is 8.26. The number of hydrogen-bond acceptors (Lipinski definition) is 9. The van der Waals surface area contributed by atoms with Crippen LogP contribution in [-0.4, -0.2) is 93.9 Å². The van der Waals surface area contributed by atoms with E-state index in [4.69, 9.17) is 10.1 Å². The van der Waals surface area contributed by atoms with Gasteiger partial charge in [0, 0.05) is 70.3 Å². The van der Waals surface area contributed by atoms with Crippen molar-refractivity contribution in [2.24, 2.45) is 22.9 Å². The van der Waals surface area contributed by atoms with Crippen LogP contribution in [0.2, 0.25) is 0 Å². The number of rotatable bonds is 13. The smallest absolute Gasteiger partial charge is 0.309 e. The standard InChI is InChI=1S/C34H43N5O2.C11H18N2O2.C2H6/c1-22-25(8-6-10-27(22)35-4)26-9-7-11-28(23(26)2)36-24(3)31-37-29-20-39(18-12-30(29)38(31)5)19-17-33-13-15-34(21-33,16-14-33)32(40)41;1-9-3-4-13(5-6-14)7-11(9)12-10(2)8-15;1-2/h6-11,35-36H,3,12-21H2,1-2,4-5H3,(H,40,41);8,14H,3-7H2,1-2H3;1-2H3. The molecular weight excluding hydrogens is 727 g/mol. The number of aldehydes is 1.